The Labute approximate surface area is 108 Å². The first kappa shape index (κ1) is 12.9. The molecule has 4 heteroatoms. The molecule has 1 aliphatic rings. The molecule has 0 aliphatic heterocycles. The molecule has 1 aliphatic carbocycles. The Morgan fingerprint density at radius 3 is 3.00 bits per heavy atom. The van der Waals surface area contributed by atoms with Gasteiger partial charge in [-0.05, 0) is 36.5 Å². The van der Waals surface area contributed by atoms with E-state index in [1.165, 1.54) is 12.8 Å². The van der Waals surface area contributed by atoms with E-state index >= 15 is 0 Å². The Hall–Kier alpha value is -1.55. The summed E-state index contributed by atoms with van der Waals surface area (Å²) in [6.45, 7) is 0.577. The lowest BCUT2D eigenvalue weighted by molar-refractivity contribution is -0.120. The average Bonchev–Trinajstić information content (AvgIpc) is 3.20. The number of nitrogens with one attached hydrogen (secondary N) is 1. The van der Waals surface area contributed by atoms with Crippen LogP contribution in [0, 0.1) is 5.92 Å². The molecule has 0 heterocycles. The fourth-order valence-corrected chi connectivity index (χ4v) is 1.95. The van der Waals surface area contributed by atoms with Crippen molar-refractivity contribution in [3.63, 3.8) is 0 Å². The van der Waals surface area contributed by atoms with Gasteiger partial charge in [-0.25, -0.2) is 0 Å². The Morgan fingerprint density at radius 2 is 2.33 bits per heavy atom. The maximum Gasteiger partial charge on any atom is 0.224 e. The smallest absolute Gasteiger partial charge is 0.224 e. The van der Waals surface area contributed by atoms with Crippen LogP contribution in [0.4, 0.5) is 0 Å². The summed E-state index contributed by atoms with van der Waals surface area (Å²) in [6, 6.07) is 7.66. The molecule has 1 saturated carbocycles. The first-order valence-electron chi connectivity index (χ1n) is 6.34. The summed E-state index contributed by atoms with van der Waals surface area (Å²) in [5.74, 6) is 1.40. The summed E-state index contributed by atoms with van der Waals surface area (Å²) in [5.41, 5.74) is 6.88. The van der Waals surface area contributed by atoms with E-state index in [1.807, 2.05) is 24.3 Å². The van der Waals surface area contributed by atoms with Crippen molar-refractivity contribution < 1.29 is 9.53 Å². The van der Waals surface area contributed by atoms with E-state index in [0.29, 0.717) is 18.9 Å². The molecule has 0 saturated heterocycles. The number of benzene rings is 1. The molecule has 1 unspecified atom stereocenters. The molecular weight excluding hydrogens is 228 g/mol. The van der Waals surface area contributed by atoms with Crippen LogP contribution < -0.4 is 15.8 Å². The van der Waals surface area contributed by atoms with Crippen LogP contribution in [0.3, 0.4) is 0 Å². The van der Waals surface area contributed by atoms with E-state index in [0.717, 1.165) is 11.3 Å². The summed E-state index contributed by atoms with van der Waals surface area (Å²) in [7, 11) is 1.62. The maximum atomic E-state index is 11.8. The van der Waals surface area contributed by atoms with Crippen LogP contribution in [0.1, 0.15) is 18.4 Å². The van der Waals surface area contributed by atoms with Crippen molar-refractivity contribution in [1.82, 2.24) is 5.32 Å². The van der Waals surface area contributed by atoms with Gasteiger partial charge in [-0.2, -0.15) is 0 Å². The van der Waals surface area contributed by atoms with Gasteiger partial charge in [-0.1, -0.05) is 12.1 Å². The molecule has 0 spiro atoms. The van der Waals surface area contributed by atoms with E-state index in [2.05, 4.69) is 5.32 Å². The zero-order valence-corrected chi connectivity index (χ0v) is 10.7. The fraction of sp³-hybridized carbons (Fsp3) is 0.500. The van der Waals surface area contributed by atoms with Crippen LogP contribution in [0.25, 0.3) is 0 Å². The zero-order chi connectivity index (χ0) is 13.0. The summed E-state index contributed by atoms with van der Waals surface area (Å²) < 4.78 is 5.12. The predicted molar refractivity (Wildman–Crippen MR) is 70.4 cm³/mol. The van der Waals surface area contributed by atoms with E-state index in [9.17, 15) is 4.79 Å². The standard InChI is InChI=1S/C14H20N2O2/c1-18-12-4-2-3-10(7-12)8-14(17)16-9-13(15)11-5-6-11/h2-4,7,11,13H,5-6,8-9,15H2,1H3,(H,16,17). The number of methoxy groups -OCH3 is 1. The van der Waals surface area contributed by atoms with E-state index in [4.69, 9.17) is 10.5 Å². The van der Waals surface area contributed by atoms with Crippen LogP contribution in [0.5, 0.6) is 5.75 Å². The van der Waals surface area contributed by atoms with Gasteiger partial charge in [0, 0.05) is 12.6 Å². The Morgan fingerprint density at radius 1 is 1.56 bits per heavy atom. The summed E-state index contributed by atoms with van der Waals surface area (Å²) in [6.07, 6.45) is 2.77. The number of carbonyl (C=O) groups excluding carboxylic acids is 1. The van der Waals surface area contributed by atoms with Crippen LogP contribution in [0.15, 0.2) is 24.3 Å². The van der Waals surface area contributed by atoms with E-state index in [-0.39, 0.29) is 11.9 Å². The molecule has 0 bridgehead atoms. The van der Waals surface area contributed by atoms with Crippen molar-refractivity contribution in [3.8, 4) is 5.75 Å². The number of hydrogen-bond acceptors (Lipinski definition) is 3. The van der Waals surface area contributed by atoms with Crippen molar-refractivity contribution in [2.24, 2.45) is 11.7 Å². The highest BCUT2D eigenvalue weighted by atomic mass is 16.5. The monoisotopic (exact) mass is 248 g/mol. The Bertz CT molecular complexity index is 416. The van der Waals surface area contributed by atoms with Gasteiger partial charge in [0.15, 0.2) is 0 Å². The first-order valence-corrected chi connectivity index (χ1v) is 6.34. The zero-order valence-electron chi connectivity index (χ0n) is 10.7. The third kappa shape index (κ3) is 3.74. The number of hydrogen-bond donors (Lipinski definition) is 2. The van der Waals surface area contributed by atoms with E-state index < -0.39 is 0 Å². The molecule has 18 heavy (non-hydrogen) atoms. The Balaban J connectivity index is 1.78. The fourth-order valence-electron chi connectivity index (χ4n) is 1.95. The molecular formula is C14H20N2O2. The van der Waals surface area contributed by atoms with Crippen LogP contribution >= 0.6 is 0 Å². The number of rotatable bonds is 6. The molecule has 1 atom stereocenters. The van der Waals surface area contributed by atoms with Crippen molar-refractivity contribution in [2.75, 3.05) is 13.7 Å². The second kappa shape index (κ2) is 5.87. The van der Waals surface area contributed by atoms with Gasteiger partial charge in [0.2, 0.25) is 5.91 Å². The van der Waals surface area contributed by atoms with Gasteiger partial charge in [-0.15, -0.1) is 0 Å². The van der Waals surface area contributed by atoms with Crippen LogP contribution in [-0.4, -0.2) is 25.6 Å². The first-order chi connectivity index (χ1) is 8.69. The van der Waals surface area contributed by atoms with Crippen molar-refractivity contribution >= 4 is 5.91 Å². The average molecular weight is 248 g/mol. The molecule has 0 aromatic heterocycles. The third-order valence-corrected chi connectivity index (χ3v) is 3.26. The van der Waals surface area contributed by atoms with Gasteiger partial charge in [0.05, 0.1) is 13.5 Å². The summed E-state index contributed by atoms with van der Waals surface area (Å²) in [4.78, 5) is 11.8. The van der Waals surface area contributed by atoms with Crippen molar-refractivity contribution in [2.45, 2.75) is 25.3 Å². The van der Waals surface area contributed by atoms with Crippen LogP contribution in [-0.2, 0) is 11.2 Å². The minimum Gasteiger partial charge on any atom is -0.497 e. The number of ether oxygens (including phenoxy) is 1. The largest absolute Gasteiger partial charge is 0.497 e. The molecule has 3 N–H and O–H groups in total. The quantitative estimate of drug-likeness (QED) is 0.792. The Kier molecular flexibility index (Phi) is 4.20. The molecule has 1 amide bonds. The van der Waals surface area contributed by atoms with Gasteiger partial charge in [-0.3, -0.25) is 4.79 Å². The second-order valence-electron chi connectivity index (χ2n) is 4.83. The number of nitrogens with two attached hydrogens (primary N) is 1. The van der Waals surface area contributed by atoms with Gasteiger partial charge < -0.3 is 15.8 Å². The van der Waals surface area contributed by atoms with Crippen molar-refractivity contribution in [3.05, 3.63) is 29.8 Å². The molecule has 1 aromatic carbocycles. The number of amides is 1. The molecule has 98 valence electrons. The van der Waals surface area contributed by atoms with Crippen LogP contribution in [0.2, 0.25) is 0 Å². The van der Waals surface area contributed by atoms with Gasteiger partial charge in [0.25, 0.3) is 0 Å². The SMILES string of the molecule is COc1cccc(CC(=O)NCC(N)C2CC2)c1. The molecule has 4 nitrogen and oxygen atoms in total. The summed E-state index contributed by atoms with van der Waals surface area (Å²) >= 11 is 0. The van der Waals surface area contributed by atoms with Crippen molar-refractivity contribution in [1.29, 1.82) is 0 Å². The molecule has 1 fully saturated rings. The van der Waals surface area contributed by atoms with Gasteiger partial charge in [0.1, 0.15) is 5.75 Å². The highest BCUT2D eigenvalue weighted by molar-refractivity contribution is 5.78. The molecule has 2 rings (SSSR count). The second-order valence-corrected chi connectivity index (χ2v) is 4.83. The highest BCUT2D eigenvalue weighted by Crippen LogP contribution is 2.31. The minimum atomic E-state index is 0.0133. The molecule has 1 aromatic rings. The lowest BCUT2D eigenvalue weighted by Gasteiger charge is -2.11. The van der Waals surface area contributed by atoms with E-state index in [1.54, 1.807) is 7.11 Å². The minimum absolute atomic E-state index is 0.0133. The normalized spacial score (nSPS) is 16.1. The predicted octanol–water partition coefficient (Wildman–Crippen LogP) is 1.09. The molecule has 0 radical (unpaired) electrons. The number of carbonyl (C=O) groups is 1. The lowest BCUT2D eigenvalue weighted by Crippen LogP contribution is -2.39. The lowest BCUT2D eigenvalue weighted by atomic mass is 10.1. The topological polar surface area (TPSA) is 64.3 Å². The summed E-state index contributed by atoms with van der Waals surface area (Å²) in [5, 5.41) is 2.88. The maximum absolute atomic E-state index is 11.8. The third-order valence-electron chi connectivity index (χ3n) is 3.26. The van der Waals surface area contributed by atoms with Gasteiger partial charge >= 0.3 is 0 Å². The highest BCUT2D eigenvalue weighted by Gasteiger charge is 2.28.